The second-order valence-electron chi connectivity index (χ2n) is 13.7. The Bertz CT molecular complexity index is 762. The van der Waals surface area contributed by atoms with Crippen molar-refractivity contribution in [1.29, 1.82) is 0 Å². The van der Waals surface area contributed by atoms with Crippen molar-refractivity contribution in [2.75, 3.05) is 24.7 Å². The average Bonchev–Trinajstić information content (AvgIpc) is 2.79. The van der Waals surface area contributed by atoms with Gasteiger partial charge in [0.05, 0.1) is 39.1 Å². The standard InChI is InChI=1S/C28H55O7PS/c1-13-24(5,6)18-27(11,21(32)35-36)25(7,8)26(9,10)28(12,23(2,3)4)22(33)34-15-20(31)17-37-16-19(30)14-29/h19-20,29-31H,13-18,36H2,1-12H3. The third-order valence-electron chi connectivity index (χ3n) is 9.69. The van der Waals surface area contributed by atoms with Crippen LogP contribution in [-0.4, -0.2) is 64.2 Å². The van der Waals surface area contributed by atoms with Gasteiger partial charge in [-0.2, -0.15) is 11.8 Å². The Morgan fingerprint density at radius 1 is 0.838 bits per heavy atom. The zero-order valence-corrected chi connectivity index (χ0v) is 27.3. The van der Waals surface area contributed by atoms with Crippen LogP contribution < -0.4 is 0 Å². The Morgan fingerprint density at radius 2 is 1.32 bits per heavy atom. The second kappa shape index (κ2) is 13.3. The van der Waals surface area contributed by atoms with Crippen molar-refractivity contribution in [2.45, 2.75) is 108 Å². The van der Waals surface area contributed by atoms with Gasteiger partial charge in [-0.05, 0) is 41.9 Å². The van der Waals surface area contributed by atoms with Crippen LogP contribution in [0.25, 0.3) is 0 Å². The Morgan fingerprint density at radius 3 is 1.73 bits per heavy atom. The van der Waals surface area contributed by atoms with Gasteiger partial charge < -0.3 is 24.6 Å². The molecular formula is C28H55O7PS. The molecule has 7 nitrogen and oxygen atoms in total. The molecule has 3 N–H and O–H groups in total. The number of thioether (sulfide) groups is 1. The van der Waals surface area contributed by atoms with Crippen LogP contribution in [0.5, 0.6) is 0 Å². The summed E-state index contributed by atoms with van der Waals surface area (Å²) in [5, 5.41) is 28.8. The fourth-order valence-electron chi connectivity index (χ4n) is 5.33. The van der Waals surface area contributed by atoms with Gasteiger partial charge in [-0.15, -0.1) is 0 Å². The Labute approximate surface area is 232 Å². The lowest BCUT2D eigenvalue weighted by Gasteiger charge is -2.62. The number of hydrogen-bond donors (Lipinski definition) is 3. The monoisotopic (exact) mass is 566 g/mol. The predicted molar refractivity (Wildman–Crippen MR) is 155 cm³/mol. The van der Waals surface area contributed by atoms with Crippen molar-refractivity contribution in [3.63, 3.8) is 0 Å². The summed E-state index contributed by atoms with van der Waals surface area (Å²) in [6.45, 7) is 23.8. The molecule has 0 heterocycles. The Hall–Kier alpha value is -0.400. The first-order valence-corrected chi connectivity index (χ1v) is 14.8. The minimum atomic E-state index is -1.05. The number of aliphatic hydroxyl groups excluding tert-OH is 3. The largest absolute Gasteiger partial charge is 0.462 e. The number of carbonyl (C=O) groups is 2. The van der Waals surface area contributed by atoms with Gasteiger partial charge in [-0.25, -0.2) is 0 Å². The maximum absolute atomic E-state index is 13.9. The summed E-state index contributed by atoms with van der Waals surface area (Å²) in [6, 6.07) is 0. The Balaban J connectivity index is 6.34. The van der Waals surface area contributed by atoms with Crippen molar-refractivity contribution in [1.82, 2.24) is 0 Å². The van der Waals surface area contributed by atoms with Gasteiger partial charge in [0.1, 0.15) is 6.61 Å². The van der Waals surface area contributed by atoms with E-state index in [0.717, 1.165) is 6.42 Å². The number of rotatable bonds is 15. The minimum Gasteiger partial charge on any atom is -0.462 e. The van der Waals surface area contributed by atoms with Gasteiger partial charge in [0, 0.05) is 11.5 Å². The molecule has 0 aliphatic heterocycles. The summed E-state index contributed by atoms with van der Waals surface area (Å²) in [5.41, 5.74) is -4.16. The van der Waals surface area contributed by atoms with E-state index in [1.54, 1.807) is 0 Å². The van der Waals surface area contributed by atoms with E-state index >= 15 is 0 Å². The van der Waals surface area contributed by atoms with Crippen LogP contribution >= 0.6 is 21.2 Å². The lowest BCUT2D eigenvalue weighted by molar-refractivity contribution is -0.206. The first-order chi connectivity index (χ1) is 16.5. The molecule has 5 unspecified atom stereocenters. The number of aliphatic hydroxyl groups is 3. The van der Waals surface area contributed by atoms with Crippen LogP contribution in [0.15, 0.2) is 0 Å². The zero-order chi connectivity index (χ0) is 29.7. The number of esters is 1. The summed E-state index contributed by atoms with van der Waals surface area (Å²) < 4.78 is 11.0. The highest BCUT2D eigenvalue weighted by Crippen LogP contribution is 2.66. The van der Waals surface area contributed by atoms with E-state index in [4.69, 9.17) is 14.4 Å². The molecule has 0 saturated carbocycles. The molecule has 0 aliphatic rings. The van der Waals surface area contributed by atoms with Crippen LogP contribution in [0.4, 0.5) is 0 Å². The van der Waals surface area contributed by atoms with Crippen molar-refractivity contribution < 1.29 is 34.2 Å². The van der Waals surface area contributed by atoms with Crippen LogP contribution in [-0.2, 0) is 18.8 Å². The fourth-order valence-corrected chi connectivity index (χ4v) is 6.47. The molecule has 0 amide bonds. The van der Waals surface area contributed by atoms with E-state index in [0.29, 0.717) is 6.42 Å². The summed E-state index contributed by atoms with van der Waals surface area (Å²) in [6.07, 6.45) is -0.312. The smallest absolute Gasteiger partial charge is 0.314 e. The summed E-state index contributed by atoms with van der Waals surface area (Å²) in [7, 11) is 2.09. The highest BCUT2D eigenvalue weighted by Gasteiger charge is 2.67. The first-order valence-electron chi connectivity index (χ1n) is 13.2. The SMILES string of the molecule is CCC(C)(C)CC(C)(C(=O)OP)C(C)(C)C(C)(C)C(C)(C(=O)OCC(O)CSCC(O)CO)C(C)(C)C. The number of ether oxygens (including phenoxy) is 1. The molecular weight excluding hydrogens is 511 g/mol. The molecule has 0 fully saturated rings. The lowest BCUT2D eigenvalue weighted by atomic mass is 9.40. The van der Waals surface area contributed by atoms with Crippen LogP contribution in [0.1, 0.15) is 95.9 Å². The molecule has 5 atom stereocenters. The van der Waals surface area contributed by atoms with Crippen LogP contribution in [0.3, 0.4) is 0 Å². The van der Waals surface area contributed by atoms with Gasteiger partial charge in [-0.3, -0.25) is 9.59 Å². The maximum atomic E-state index is 13.9. The second-order valence-corrected chi connectivity index (χ2v) is 15.0. The third-order valence-corrected chi connectivity index (χ3v) is 11.1. The van der Waals surface area contributed by atoms with E-state index in [-0.39, 0.29) is 36.1 Å². The minimum absolute atomic E-state index is 0.134. The summed E-state index contributed by atoms with van der Waals surface area (Å²) in [5.74, 6) is -0.232. The molecule has 0 saturated heterocycles. The van der Waals surface area contributed by atoms with Gasteiger partial charge in [0.15, 0.2) is 0 Å². The van der Waals surface area contributed by atoms with Crippen molar-refractivity contribution in [2.24, 2.45) is 32.5 Å². The molecule has 0 aromatic heterocycles. The topological polar surface area (TPSA) is 113 Å². The molecule has 220 valence electrons. The highest BCUT2D eigenvalue weighted by molar-refractivity contribution is 7.99. The van der Waals surface area contributed by atoms with Crippen LogP contribution in [0, 0.1) is 32.5 Å². The van der Waals surface area contributed by atoms with Crippen molar-refractivity contribution in [3.8, 4) is 0 Å². The molecule has 0 rings (SSSR count). The Kier molecular flexibility index (Phi) is 13.2. The van der Waals surface area contributed by atoms with E-state index in [9.17, 15) is 19.8 Å². The maximum Gasteiger partial charge on any atom is 0.314 e. The van der Waals surface area contributed by atoms with Gasteiger partial charge >= 0.3 is 11.9 Å². The van der Waals surface area contributed by atoms with Crippen LogP contribution in [0.2, 0.25) is 0 Å². The average molecular weight is 567 g/mol. The van der Waals surface area contributed by atoms with E-state index in [2.05, 4.69) is 30.2 Å². The van der Waals surface area contributed by atoms with Crippen molar-refractivity contribution >= 4 is 33.2 Å². The first kappa shape index (κ1) is 36.6. The molecule has 0 aromatic rings. The third kappa shape index (κ3) is 7.84. The summed E-state index contributed by atoms with van der Waals surface area (Å²) in [4.78, 5) is 27.3. The number of carbonyl (C=O) groups excluding carboxylic acids is 2. The molecule has 0 spiro atoms. The summed E-state index contributed by atoms with van der Waals surface area (Å²) >= 11 is 1.28. The zero-order valence-electron chi connectivity index (χ0n) is 25.4. The predicted octanol–water partition coefficient (Wildman–Crippen LogP) is 5.25. The molecule has 0 bridgehead atoms. The van der Waals surface area contributed by atoms with Gasteiger partial charge in [0.25, 0.3) is 0 Å². The fraction of sp³-hybridized carbons (Fsp3) is 0.929. The normalized spacial score (nSPS) is 18.4. The lowest BCUT2D eigenvalue weighted by Crippen LogP contribution is -2.63. The molecule has 9 heteroatoms. The quantitative estimate of drug-likeness (QED) is 0.182. The van der Waals surface area contributed by atoms with Crippen molar-refractivity contribution in [3.05, 3.63) is 0 Å². The van der Waals surface area contributed by atoms with Gasteiger partial charge in [0.2, 0.25) is 0 Å². The van der Waals surface area contributed by atoms with Gasteiger partial charge in [-0.1, -0.05) is 75.7 Å². The molecule has 37 heavy (non-hydrogen) atoms. The highest BCUT2D eigenvalue weighted by atomic mass is 32.2. The van der Waals surface area contributed by atoms with E-state index < -0.39 is 45.3 Å². The molecule has 0 aromatic carbocycles. The molecule has 0 aliphatic carbocycles. The number of hydrogen-bond acceptors (Lipinski definition) is 8. The van der Waals surface area contributed by atoms with E-state index in [1.165, 1.54) is 11.8 Å². The van der Waals surface area contributed by atoms with E-state index in [1.807, 2.05) is 62.3 Å². The molecule has 0 radical (unpaired) electrons.